The molecule has 0 aliphatic heterocycles. The van der Waals surface area contributed by atoms with Crippen molar-refractivity contribution in [2.75, 3.05) is 47.5 Å². The maximum Gasteiger partial charge on any atom is 0.472 e. The molecule has 0 aromatic rings. The number of esters is 2. The smallest absolute Gasteiger partial charge is 0.462 e. The molecule has 0 aromatic heterocycles. The van der Waals surface area contributed by atoms with E-state index >= 15 is 0 Å². The molecule has 2 atom stereocenters. The molecule has 0 fully saturated rings. The van der Waals surface area contributed by atoms with Crippen LogP contribution in [0.2, 0.25) is 0 Å². The van der Waals surface area contributed by atoms with E-state index in [9.17, 15) is 19.0 Å². The zero-order valence-corrected chi connectivity index (χ0v) is 47.0. The summed E-state index contributed by atoms with van der Waals surface area (Å²) < 4.78 is 34.6. The van der Waals surface area contributed by atoms with E-state index in [0.717, 1.165) is 70.6 Å². The maximum absolute atomic E-state index is 12.8. The number of nitrogens with zero attached hydrogens (tertiary/aromatic N) is 1. The molecule has 0 saturated carbocycles. The monoisotopic (exact) mass is 995 g/mol. The number of hydrogen-bond donors (Lipinski definition) is 1. The maximum atomic E-state index is 12.8. The van der Waals surface area contributed by atoms with Crippen LogP contribution in [-0.2, 0) is 32.7 Å². The van der Waals surface area contributed by atoms with Gasteiger partial charge in [-0.05, 0) is 51.4 Å². The molecule has 406 valence electrons. The van der Waals surface area contributed by atoms with Gasteiger partial charge in [-0.25, -0.2) is 4.57 Å². The molecule has 0 amide bonds. The minimum absolute atomic E-state index is 0.0300. The summed E-state index contributed by atoms with van der Waals surface area (Å²) in [6.45, 7) is 4.43. The van der Waals surface area contributed by atoms with Crippen molar-refractivity contribution in [1.29, 1.82) is 0 Å². The number of unbranched alkanes of at least 4 members (excludes halogenated alkanes) is 34. The van der Waals surface area contributed by atoms with Gasteiger partial charge in [0.15, 0.2) is 6.10 Å². The first kappa shape index (κ1) is 67.2. The number of rotatable bonds is 54. The van der Waals surface area contributed by atoms with Gasteiger partial charge in [-0.15, -0.1) is 0 Å². The van der Waals surface area contributed by atoms with Crippen molar-refractivity contribution in [2.24, 2.45) is 0 Å². The molecule has 1 N–H and O–H groups in total. The van der Waals surface area contributed by atoms with E-state index < -0.39 is 26.5 Å². The Hall–Kier alpha value is -1.77. The van der Waals surface area contributed by atoms with Gasteiger partial charge in [0.25, 0.3) is 0 Å². The van der Waals surface area contributed by atoms with Gasteiger partial charge in [0, 0.05) is 12.8 Å². The molecule has 2 unspecified atom stereocenters. The van der Waals surface area contributed by atoms with Crippen LogP contribution in [0.4, 0.5) is 0 Å². The summed E-state index contributed by atoms with van der Waals surface area (Å²) in [5.74, 6) is -0.800. The molecular formula is C59H113NO8P+. The number of phosphoric ester groups is 1. The Kier molecular flexibility index (Phi) is 49.8. The Morgan fingerprint density at radius 1 is 0.449 bits per heavy atom. The summed E-state index contributed by atoms with van der Waals surface area (Å²) in [5, 5.41) is 0. The number of likely N-dealkylation sites (N-methyl/N-ethyl adjacent to an activating group) is 1. The van der Waals surface area contributed by atoms with Gasteiger partial charge >= 0.3 is 19.8 Å². The Morgan fingerprint density at radius 3 is 1.19 bits per heavy atom. The Balaban J connectivity index is 4.12. The van der Waals surface area contributed by atoms with Crippen molar-refractivity contribution < 1.29 is 42.1 Å². The van der Waals surface area contributed by atoms with Gasteiger partial charge in [0.2, 0.25) is 0 Å². The average molecular weight is 996 g/mol. The molecule has 0 saturated heterocycles. The molecule has 0 radical (unpaired) electrons. The van der Waals surface area contributed by atoms with E-state index in [2.05, 4.69) is 50.3 Å². The molecule has 69 heavy (non-hydrogen) atoms. The number of carbonyl (C=O) groups excluding carboxylic acids is 2. The topological polar surface area (TPSA) is 108 Å². The summed E-state index contributed by atoms with van der Waals surface area (Å²) in [6.07, 6.45) is 62.1. The van der Waals surface area contributed by atoms with Gasteiger partial charge in [0.05, 0.1) is 27.7 Å². The fourth-order valence-electron chi connectivity index (χ4n) is 8.38. The molecule has 9 nitrogen and oxygen atoms in total. The van der Waals surface area contributed by atoms with Crippen LogP contribution >= 0.6 is 7.82 Å². The van der Waals surface area contributed by atoms with Gasteiger partial charge in [-0.3, -0.25) is 18.6 Å². The summed E-state index contributed by atoms with van der Waals surface area (Å²) in [6, 6.07) is 0. The average Bonchev–Trinajstić information content (AvgIpc) is 3.31. The quantitative estimate of drug-likeness (QED) is 0.0211. The van der Waals surface area contributed by atoms with Crippen LogP contribution in [0.25, 0.3) is 0 Å². The van der Waals surface area contributed by atoms with Gasteiger partial charge < -0.3 is 18.9 Å². The van der Waals surface area contributed by atoms with Crippen molar-refractivity contribution in [3.8, 4) is 0 Å². The Morgan fingerprint density at radius 2 is 0.783 bits per heavy atom. The lowest BCUT2D eigenvalue weighted by atomic mass is 10.0. The van der Waals surface area contributed by atoms with E-state index in [0.29, 0.717) is 23.9 Å². The third kappa shape index (κ3) is 55.4. The first-order valence-electron chi connectivity index (χ1n) is 29.2. The van der Waals surface area contributed by atoms with Crippen LogP contribution in [0.1, 0.15) is 277 Å². The molecule has 0 aliphatic rings. The normalized spacial score (nSPS) is 13.5. The van der Waals surface area contributed by atoms with E-state index in [1.807, 2.05) is 21.1 Å². The van der Waals surface area contributed by atoms with Crippen molar-refractivity contribution in [1.82, 2.24) is 0 Å². The third-order valence-corrected chi connectivity index (χ3v) is 13.9. The molecule has 0 spiro atoms. The molecule has 10 heteroatoms. The number of allylic oxidation sites excluding steroid dienone is 6. The van der Waals surface area contributed by atoms with E-state index in [4.69, 9.17) is 18.5 Å². The fourth-order valence-corrected chi connectivity index (χ4v) is 9.12. The summed E-state index contributed by atoms with van der Waals surface area (Å²) >= 11 is 0. The third-order valence-electron chi connectivity index (χ3n) is 12.9. The molecule has 0 bridgehead atoms. The highest BCUT2D eigenvalue weighted by Gasteiger charge is 2.27. The number of ether oxygens (including phenoxy) is 2. The second-order valence-corrected chi connectivity index (χ2v) is 22.5. The minimum atomic E-state index is -4.39. The van der Waals surface area contributed by atoms with Gasteiger partial charge in [-0.1, -0.05) is 249 Å². The van der Waals surface area contributed by atoms with E-state index in [1.54, 1.807) is 0 Å². The molecular weight excluding hydrogens is 882 g/mol. The largest absolute Gasteiger partial charge is 0.472 e. The van der Waals surface area contributed by atoms with E-state index in [-0.39, 0.29) is 25.6 Å². The first-order chi connectivity index (χ1) is 33.5. The lowest BCUT2D eigenvalue weighted by molar-refractivity contribution is -0.870. The summed E-state index contributed by atoms with van der Waals surface area (Å²) in [4.78, 5) is 35.7. The number of hydrogen-bond acceptors (Lipinski definition) is 7. The standard InChI is InChI=1S/C59H112NO8P/c1-6-8-10-12-14-16-18-20-22-24-26-27-28-29-30-31-32-34-35-37-39-41-43-45-47-49-51-58(61)65-55-57(56-67-69(63,64)66-54-53-60(3,4)5)68-59(62)52-50-48-46-44-42-40-38-36-33-25-23-21-19-17-15-13-11-9-7-2/h15,17,21,23,33,36,57H,6-14,16,18-20,22,24-32,34-35,37-56H2,1-5H3/p+1/b17-15-,23-21-,36-33-. The van der Waals surface area contributed by atoms with Crippen LogP contribution in [0.3, 0.4) is 0 Å². The van der Waals surface area contributed by atoms with Crippen LogP contribution in [0.5, 0.6) is 0 Å². The van der Waals surface area contributed by atoms with Crippen LogP contribution in [-0.4, -0.2) is 74.9 Å². The first-order valence-corrected chi connectivity index (χ1v) is 30.7. The molecule has 0 aliphatic carbocycles. The van der Waals surface area contributed by atoms with Crippen molar-refractivity contribution >= 4 is 19.8 Å². The SMILES string of the molecule is CCCCC/C=C\C/C=C\C/C=C\CCCCCCCCC(=O)OC(COC(=O)CCCCCCCCCCCCCCCCCCCCCCCCCCCC)COP(=O)(O)OCC[N+](C)(C)C. The molecule has 0 aromatic carbocycles. The van der Waals surface area contributed by atoms with Gasteiger partial charge in [-0.2, -0.15) is 0 Å². The van der Waals surface area contributed by atoms with Crippen LogP contribution < -0.4 is 0 Å². The Labute approximate surface area is 427 Å². The molecule has 0 rings (SSSR count). The highest BCUT2D eigenvalue weighted by atomic mass is 31.2. The highest BCUT2D eigenvalue weighted by Crippen LogP contribution is 2.43. The predicted octanol–water partition coefficient (Wildman–Crippen LogP) is 18.0. The van der Waals surface area contributed by atoms with Crippen molar-refractivity contribution in [3.63, 3.8) is 0 Å². The highest BCUT2D eigenvalue weighted by molar-refractivity contribution is 7.47. The van der Waals surface area contributed by atoms with Crippen LogP contribution in [0.15, 0.2) is 36.5 Å². The lowest BCUT2D eigenvalue weighted by Gasteiger charge is -2.24. The summed E-state index contributed by atoms with van der Waals surface area (Å²) in [5.41, 5.74) is 0. The zero-order chi connectivity index (χ0) is 50.6. The zero-order valence-electron chi connectivity index (χ0n) is 46.1. The minimum Gasteiger partial charge on any atom is -0.462 e. The van der Waals surface area contributed by atoms with Crippen molar-refractivity contribution in [2.45, 2.75) is 283 Å². The van der Waals surface area contributed by atoms with Crippen LogP contribution in [0, 0.1) is 0 Å². The lowest BCUT2D eigenvalue weighted by Crippen LogP contribution is -2.37. The fraction of sp³-hybridized carbons (Fsp3) is 0.864. The van der Waals surface area contributed by atoms with Crippen molar-refractivity contribution in [3.05, 3.63) is 36.5 Å². The summed E-state index contributed by atoms with van der Waals surface area (Å²) in [7, 11) is 1.48. The van der Waals surface area contributed by atoms with E-state index in [1.165, 1.54) is 173 Å². The predicted molar refractivity (Wildman–Crippen MR) is 294 cm³/mol. The second kappa shape index (κ2) is 51.1. The van der Waals surface area contributed by atoms with Gasteiger partial charge in [0.1, 0.15) is 19.8 Å². The number of phosphoric acid groups is 1. The number of carbonyl (C=O) groups is 2. The molecule has 0 heterocycles. The number of quaternary nitrogens is 1. The Bertz CT molecular complexity index is 1260. The second-order valence-electron chi connectivity index (χ2n) is 21.0.